The van der Waals surface area contributed by atoms with Crippen LogP contribution in [0.25, 0.3) is 22.5 Å². The molecule has 0 atom stereocenters. The number of imide groups is 1. The highest BCUT2D eigenvalue weighted by Crippen LogP contribution is 2.36. The molecule has 170 valence electrons. The molecular formula is C27H20BrIN2O2S. The fraction of sp³-hybridized carbons (Fsp3) is 0.111. The predicted octanol–water partition coefficient (Wildman–Crippen LogP) is 7.85. The first-order valence-electron chi connectivity index (χ1n) is 10.7. The lowest BCUT2D eigenvalue weighted by molar-refractivity contribution is -0.123. The molecule has 7 heteroatoms. The van der Waals surface area contributed by atoms with Crippen LogP contribution < -0.4 is 0 Å². The van der Waals surface area contributed by atoms with Crippen LogP contribution in [-0.2, 0) is 11.3 Å². The van der Waals surface area contributed by atoms with Gasteiger partial charge in [0, 0.05) is 24.8 Å². The molecule has 0 radical (unpaired) electrons. The summed E-state index contributed by atoms with van der Waals surface area (Å²) in [6.07, 6.45) is 1.85. The molecule has 0 N–H and O–H groups in total. The molecule has 4 nitrogen and oxygen atoms in total. The number of hydrogen-bond donors (Lipinski definition) is 0. The Morgan fingerprint density at radius 2 is 1.68 bits per heavy atom. The van der Waals surface area contributed by atoms with Gasteiger partial charge in [0.15, 0.2) is 0 Å². The van der Waals surface area contributed by atoms with Crippen molar-refractivity contribution in [2.45, 2.75) is 20.4 Å². The average molecular weight is 643 g/mol. The lowest BCUT2D eigenvalue weighted by Gasteiger charge is -2.14. The number of nitrogens with zero attached hydrogens (tertiary/aromatic N) is 2. The zero-order chi connectivity index (χ0) is 24.0. The average Bonchev–Trinajstić information content (AvgIpc) is 3.25. The molecule has 0 aliphatic carbocycles. The zero-order valence-corrected chi connectivity index (χ0v) is 23.1. The topological polar surface area (TPSA) is 42.3 Å². The van der Waals surface area contributed by atoms with E-state index in [0.717, 1.165) is 58.8 Å². The maximum Gasteiger partial charge on any atom is 0.293 e. The molecule has 5 rings (SSSR count). The second kappa shape index (κ2) is 9.36. The SMILES string of the molecule is Cc1cc(/C=C2\SC(=O)N(Cc3ccc(I)cc3)C2=O)c(C)n1-c1ccc(Br)c2ccccc12. The molecule has 1 fully saturated rings. The fourth-order valence-corrected chi connectivity index (χ4v) is 5.96. The summed E-state index contributed by atoms with van der Waals surface area (Å²) in [5, 5.41) is 2.05. The Morgan fingerprint density at radius 1 is 0.971 bits per heavy atom. The van der Waals surface area contributed by atoms with Gasteiger partial charge in [-0.2, -0.15) is 0 Å². The first-order valence-corrected chi connectivity index (χ1v) is 13.4. The minimum atomic E-state index is -0.243. The number of rotatable bonds is 4. The molecule has 0 unspecified atom stereocenters. The number of aromatic nitrogens is 1. The van der Waals surface area contributed by atoms with Crippen LogP contribution in [0.2, 0.25) is 0 Å². The van der Waals surface area contributed by atoms with Crippen molar-refractivity contribution in [3.63, 3.8) is 0 Å². The molecule has 34 heavy (non-hydrogen) atoms. The first-order chi connectivity index (χ1) is 16.3. The molecular weight excluding hydrogens is 623 g/mol. The summed E-state index contributed by atoms with van der Waals surface area (Å²) in [6.45, 7) is 4.39. The van der Waals surface area contributed by atoms with Crippen LogP contribution in [0, 0.1) is 17.4 Å². The van der Waals surface area contributed by atoms with E-state index in [1.54, 1.807) is 0 Å². The van der Waals surface area contributed by atoms with Crippen LogP contribution >= 0.6 is 50.3 Å². The molecule has 2 amide bonds. The van der Waals surface area contributed by atoms with Gasteiger partial charge in [0.1, 0.15) is 0 Å². The molecule has 4 aromatic rings. The van der Waals surface area contributed by atoms with Crippen molar-refractivity contribution in [3.8, 4) is 5.69 Å². The van der Waals surface area contributed by atoms with E-state index >= 15 is 0 Å². The Bertz CT molecular complexity index is 1490. The van der Waals surface area contributed by atoms with E-state index in [0.29, 0.717) is 4.91 Å². The largest absolute Gasteiger partial charge is 0.317 e. The number of carbonyl (C=O) groups is 2. The van der Waals surface area contributed by atoms with Crippen LogP contribution in [0.4, 0.5) is 4.79 Å². The number of benzene rings is 3. The summed E-state index contributed by atoms with van der Waals surface area (Å²) in [4.78, 5) is 27.5. The van der Waals surface area contributed by atoms with Crippen molar-refractivity contribution in [1.29, 1.82) is 0 Å². The van der Waals surface area contributed by atoms with Crippen molar-refractivity contribution >= 4 is 78.3 Å². The van der Waals surface area contributed by atoms with E-state index in [1.807, 2.05) is 49.4 Å². The van der Waals surface area contributed by atoms with E-state index < -0.39 is 0 Å². The van der Waals surface area contributed by atoms with Crippen LogP contribution in [0.15, 0.2) is 76.1 Å². The second-order valence-electron chi connectivity index (χ2n) is 8.17. The number of aryl methyl sites for hydroxylation is 1. The van der Waals surface area contributed by atoms with Gasteiger partial charge in [-0.1, -0.05) is 52.3 Å². The van der Waals surface area contributed by atoms with Crippen molar-refractivity contribution in [2.24, 2.45) is 0 Å². The minimum Gasteiger partial charge on any atom is -0.317 e. The molecule has 1 aliphatic heterocycles. The maximum atomic E-state index is 13.1. The third kappa shape index (κ3) is 4.25. The monoisotopic (exact) mass is 642 g/mol. The van der Waals surface area contributed by atoms with Crippen molar-refractivity contribution in [1.82, 2.24) is 9.47 Å². The third-order valence-electron chi connectivity index (χ3n) is 5.97. The summed E-state index contributed by atoms with van der Waals surface area (Å²) < 4.78 is 4.37. The van der Waals surface area contributed by atoms with Crippen LogP contribution in [0.3, 0.4) is 0 Å². The molecule has 0 spiro atoms. The van der Waals surface area contributed by atoms with E-state index in [9.17, 15) is 9.59 Å². The lowest BCUT2D eigenvalue weighted by atomic mass is 10.1. The van der Waals surface area contributed by atoms with Gasteiger partial charge in [0.25, 0.3) is 11.1 Å². The van der Waals surface area contributed by atoms with E-state index in [4.69, 9.17) is 0 Å². The summed E-state index contributed by atoms with van der Waals surface area (Å²) in [5.74, 6) is -0.243. The summed E-state index contributed by atoms with van der Waals surface area (Å²) in [6, 6.07) is 22.4. The summed E-state index contributed by atoms with van der Waals surface area (Å²) in [7, 11) is 0. The van der Waals surface area contributed by atoms with Gasteiger partial charge in [-0.05, 0) is 101 Å². The van der Waals surface area contributed by atoms with Crippen LogP contribution in [0.5, 0.6) is 0 Å². The Labute approximate surface area is 224 Å². The molecule has 1 aromatic heterocycles. The smallest absolute Gasteiger partial charge is 0.293 e. The highest BCUT2D eigenvalue weighted by Gasteiger charge is 2.35. The molecule has 3 aromatic carbocycles. The second-order valence-corrected chi connectivity index (χ2v) is 11.3. The fourth-order valence-electron chi connectivity index (χ4n) is 4.30. The van der Waals surface area contributed by atoms with Gasteiger partial charge in [0.2, 0.25) is 0 Å². The Balaban J connectivity index is 1.50. The minimum absolute atomic E-state index is 0.234. The zero-order valence-electron chi connectivity index (χ0n) is 18.5. The Morgan fingerprint density at radius 3 is 2.41 bits per heavy atom. The van der Waals surface area contributed by atoms with Crippen LogP contribution in [0.1, 0.15) is 22.5 Å². The van der Waals surface area contributed by atoms with Gasteiger partial charge in [-0.3, -0.25) is 14.5 Å². The van der Waals surface area contributed by atoms with Crippen molar-refractivity contribution in [2.75, 3.05) is 0 Å². The van der Waals surface area contributed by atoms with E-state index in [-0.39, 0.29) is 17.7 Å². The molecule has 0 saturated carbocycles. The van der Waals surface area contributed by atoms with E-state index in [1.165, 1.54) is 4.90 Å². The maximum absolute atomic E-state index is 13.1. The third-order valence-corrected chi connectivity index (χ3v) is 8.29. The number of halogens is 2. The van der Waals surface area contributed by atoms with Gasteiger partial charge in [0.05, 0.1) is 17.1 Å². The number of hydrogen-bond acceptors (Lipinski definition) is 3. The first kappa shape index (κ1) is 23.4. The van der Waals surface area contributed by atoms with Crippen LogP contribution in [-0.4, -0.2) is 20.6 Å². The summed E-state index contributed by atoms with van der Waals surface area (Å²) >= 11 is 6.90. The van der Waals surface area contributed by atoms with Gasteiger partial charge in [-0.15, -0.1) is 0 Å². The quantitative estimate of drug-likeness (QED) is 0.168. The molecule has 0 bridgehead atoms. The highest BCUT2D eigenvalue weighted by molar-refractivity contribution is 14.1. The van der Waals surface area contributed by atoms with Gasteiger partial charge >= 0.3 is 0 Å². The molecule has 1 saturated heterocycles. The number of thioether (sulfide) groups is 1. The van der Waals surface area contributed by atoms with Crippen molar-refractivity contribution in [3.05, 3.63) is 102 Å². The Hall–Kier alpha value is -2.36. The lowest BCUT2D eigenvalue weighted by Crippen LogP contribution is -2.27. The van der Waals surface area contributed by atoms with Crippen molar-refractivity contribution < 1.29 is 9.59 Å². The summed E-state index contributed by atoms with van der Waals surface area (Å²) in [5.41, 5.74) is 5.04. The van der Waals surface area contributed by atoms with Gasteiger partial charge < -0.3 is 4.57 Å². The standard InChI is InChI=1S/C27H20BrIN2O2S/c1-16-13-19(17(2)31(16)24-12-11-23(28)21-5-3-4-6-22(21)24)14-25-26(32)30(27(33)34-25)15-18-7-9-20(29)10-8-18/h3-14H,15H2,1-2H3/b25-14-. The van der Waals surface area contributed by atoms with Gasteiger partial charge in [-0.25, -0.2) is 0 Å². The highest BCUT2D eigenvalue weighted by atomic mass is 127. The molecule has 2 heterocycles. The number of carbonyl (C=O) groups excluding carboxylic acids is 2. The van der Waals surface area contributed by atoms with E-state index in [2.05, 4.69) is 80.3 Å². The predicted molar refractivity (Wildman–Crippen MR) is 151 cm³/mol. The Kier molecular flexibility index (Phi) is 6.43. The normalized spacial score (nSPS) is 15.2. The number of fused-ring (bicyclic) bond motifs is 1. The molecule has 1 aliphatic rings. The number of amides is 2.